The van der Waals surface area contributed by atoms with Crippen LogP contribution in [0.4, 0.5) is 5.13 Å². The lowest BCUT2D eigenvalue weighted by molar-refractivity contribution is 0.0532. The normalized spacial score (nSPS) is 19.9. The van der Waals surface area contributed by atoms with Crippen molar-refractivity contribution in [1.29, 1.82) is 0 Å². The molecule has 3 rings (SSSR count). The highest BCUT2D eigenvalue weighted by Crippen LogP contribution is 2.37. The quantitative estimate of drug-likeness (QED) is 0.255. The molecule has 0 spiro atoms. The van der Waals surface area contributed by atoms with E-state index in [4.69, 9.17) is 31.2 Å². The van der Waals surface area contributed by atoms with Crippen molar-refractivity contribution < 1.29 is 38.6 Å². The number of carbonyl (C=O) groups excluding carboxylic acids is 1. The molecule has 2 aromatic heterocycles. The molecule has 34 heavy (non-hydrogen) atoms. The number of carbonyl (C=O) groups is 1. The Morgan fingerprint density at radius 1 is 1.41 bits per heavy atom. The monoisotopic (exact) mass is 540 g/mol. The Hall–Kier alpha value is -1.68. The van der Waals surface area contributed by atoms with E-state index in [1.807, 2.05) is 4.90 Å². The maximum absolute atomic E-state index is 13.0. The van der Waals surface area contributed by atoms with E-state index in [-0.39, 0.29) is 11.0 Å². The van der Waals surface area contributed by atoms with Crippen molar-refractivity contribution in [3.63, 3.8) is 0 Å². The lowest BCUT2D eigenvalue weighted by Crippen LogP contribution is -2.55. The zero-order chi connectivity index (χ0) is 25.0. The minimum Gasteiger partial charge on any atom is -0.393 e. The third-order valence-corrected chi connectivity index (χ3v) is 7.09. The summed E-state index contributed by atoms with van der Waals surface area (Å²) in [4.78, 5) is 37.1. The van der Waals surface area contributed by atoms with Crippen LogP contribution in [0.3, 0.4) is 0 Å². The van der Waals surface area contributed by atoms with Crippen LogP contribution in [0.1, 0.15) is 40.8 Å². The third-order valence-electron chi connectivity index (χ3n) is 5.25. The average Bonchev–Trinajstić information content (AvgIpc) is 3.41. The first kappa shape index (κ1) is 26.9. The van der Waals surface area contributed by atoms with Crippen LogP contribution in [0, 0.1) is 0 Å². The number of rotatable bonds is 10. The van der Waals surface area contributed by atoms with Gasteiger partial charge in [0.2, 0.25) is 11.0 Å². The second-order valence-corrected chi connectivity index (χ2v) is 10.00. The van der Waals surface area contributed by atoms with Gasteiger partial charge in [0.05, 0.1) is 24.4 Å². The van der Waals surface area contributed by atoms with E-state index in [9.17, 15) is 14.5 Å². The van der Waals surface area contributed by atoms with E-state index < -0.39 is 45.3 Å². The second-order valence-electron chi connectivity index (χ2n) is 7.41. The summed E-state index contributed by atoms with van der Waals surface area (Å²) in [5.74, 6) is -0.736. The van der Waals surface area contributed by atoms with Gasteiger partial charge in [-0.05, 0) is 12.8 Å². The van der Waals surface area contributed by atoms with Gasteiger partial charge in [-0.25, -0.2) is 9.55 Å². The fourth-order valence-electron chi connectivity index (χ4n) is 3.53. The molecule has 3 atom stereocenters. The van der Waals surface area contributed by atoms with Gasteiger partial charge in [-0.3, -0.25) is 13.9 Å². The van der Waals surface area contributed by atoms with E-state index in [1.165, 1.54) is 11.7 Å². The Kier molecular flexibility index (Phi) is 9.00. The molecular formula is C17H26ClN6O8PS. The van der Waals surface area contributed by atoms with E-state index in [0.29, 0.717) is 41.8 Å². The minimum absolute atomic E-state index is 0.0391. The van der Waals surface area contributed by atoms with Gasteiger partial charge in [-0.15, -0.1) is 10.2 Å². The topological polar surface area (TPSA) is 192 Å². The first-order valence-electron chi connectivity index (χ1n) is 10.2. The highest BCUT2D eigenvalue weighted by atomic mass is 35.5. The van der Waals surface area contributed by atoms with Crippen molar-refractivity contribution in [1.82, 2.24) is 25.1 Å². The van der Waals surface area contributed by atoms with E-state index >= 15 is 0 Å². The molecule has 0 radical (unpaired) electrons. The van der Waals surface area contributed by atoms with Crippen LogP contribution in [0.25, 0.3) is 0 Å². The molecule has 1 aliphatic heterocycles. The number of anilines is 1. The Balaban J connectivity index is 1.72. The van der Waals surface area contributed by atoms with Crippen LogP contribution in [-0.2, 0) is 27.0 Å². The van der Waals surface area contributed by atoms with Gasteiger partial charge < -0.3 is 35.0 Å². The number of nitrogens with zero attached hydrogens (tertiary/aromatic N) is 5. The molecule has 190 valence electrons. The Bertz CT molecular complexity index is 1050. The number of aromatic nitrogens is 4. The average molecular weight is 541 g/mol. The number of hydrogen-bond acceptors (Lipinski definition) is 11. The van der Waals surface area contributed by atoms with Crippen LogP contribution < -0.4 is 10.2 Å². The molecule has 0 saturated carbocycles. The summed E-state index contributed by atoms with van der Waals surface area (Å²) in [7, 11) is -3.27. The summed E-state index contributed by atoms with van der Waals surface area (Å²) in [5, 5.41) is 30.5. The molecule has 2 aromatic rings. The molecule has 14 nitrogen and oxygen atoms in total. The smallest absolute Gasteiger partial charge is 0.393 e. The van der Waals surface area contributed by atoms with Crippen LogP contribution in [0.5, 0.6) is 0 Å². The van der Waals surface area contributed by atoms with E-state index in [1.54, 1.807) is 6.92 Å². The van der Waals surface area contributed by atoms with Crippen LogP contribution >= 0.6 is 30.8 Å². The Labute approximate surface area is 203 Å². The molecule has 0 bridgehead atoms. The first-order valence-corrected chi connectivity index (χ1v) is 13.0. The summed E-state index contributed by atoms with van der Waals surface area (Å²) in [6.07, 6.45) is -0.684. The number of halogens is 1. The Morgan fingerprint density at radius 3 is 2.76 bits per heavy atom. The van der Waals surface area contributed by atoms with Gasteiger partial charge in [-0.1, -0.05) is 29.9 Å². The molecule has 1 aliphatic rings. The zero-order valence-electron chi connectivity index (χ0n) is 18.4. The summed E-state index contributed by atoms with van der Waals surface area (Å²) in [6.45, 7) is 1.59. The maximum atomic E-state index is 13.0. The van der Waals surface area contributed by atoms with Gasteiger partial charge in [0.1, 0.15) is 17.8 Å². The maximum Gasteiger partial charge on any atom is 0.471 e. The van der Waals surface area contributed by atoms with Crippen molar-refractivity contribution in [2.24, 2.45) is 0 Å². The van der Waals surface area contributed by atoms with Crippen LogP contribution in [0.15, 0.2) is 0 Å². The number of aliphatic hydroxyl groups excluding tert-OH is 2. The molecule has 0 unspecified atom stereocenters. The molecule has 5 N–H and O–H groups in total. The number of amides is 1. The van der Waals surface area contributed by atoms with Gasteiger partial charge in [0.25, 0.3) is 5.91 Å². The highest BCUT2D eigenvalue weighted by Gasteiger charge is 2.34. The molecule has 0 aromatic carbocycles. The minimum atomic E-state index is -4.78. The number of nitrogens with one attached hydrogen (secondary N) is 1. The summed E-state index contributed by atoms with van der Waals surface area (Å²) in [6, 6.07) is -0.402. The molecule has 17 heteroatoms. The molecule has 1 saturated heterocycles. The number of methoxy groups -OCH3 is 1. The lowest BCUT2D eigenvalue weighted by atomic mass is 10.0. The van der Waals surface area contributed by atoms with Crippen LogP contribution in [0.2, 0.25) is 5.15 Å². The number of hydrogen-bond donors (Lipinski definition) is 5. The molecular weight excluding hydrogens is 515 g/mol. The van der Waals surface area contributed by atoms with E-state index in [0.717, 1.165) is 11.3 Å². The van der Waals surface area contributed by atoms with Gasteiger partial charge >= 0.3 is 7.82 Å². The molecule has 1 fully saturated rings. The first-order chi connectivity index (χ1) is 16.1. The molecule has 1 amide bonds. The summed E-state index contributed by atoms with van der Waals surface area (Å²) < 4.78 is 22.5. The molecule has 0 aliphatic carbocycles. The highest BCUT2D eigenvalue weighted by molar-refractivity contribution is 7.46. The standard InChI is InChI=1S/C17H26ClN6O8PS/c1-3-10-13(18)20-14(24(10)8-32-33(28,29)30)15(27)19-9-4-5-23(6-12(9)31-2)17-22-21-16(34-17)11(26)7-25/h9,11-12,25-26H,3-8H2,1-2H3,(H,19,27)(H2,28,29,30)/t9-,11+,12+/m1/s1. The number of ether oxygens (including phenoxy) is 1. The van der Waals surface area contributed by atoms with Crippen molar-refractivity contribution in [3.8, 4) is 0 Å². The molecule has 3 heterocycles. The largest absolute Gasteiger partial charge is 0.471 e. The number of imidazole rings is 1. The Morgan fingerprint density at radius 2 is 2.15 bits per heavy atom. The number of phosphoric ester groups is 1. The summed E-state index contributed by atoms with van der Waals surface area (Å²) in [5.41, 5.74) is 0.399. The predicted octanol–water partition coefficient (Wildman–Crippen LogP) is 0.0666. The number of aliphatic hydroxyl groups is 2. The van der Waals surface area contributed by atoms with Gasteiger partial charge in [-0.2, -0.15) is 0 Å². The fourth-order valence-corrected chi connectivity index (χ4v) is 4.97. The lowest BCUT2D eigenvalue weighted by Gasteiger charge is -2.37. The van der Waals surface area contributed by atoms with E-state index in [2.05, 4.69) is 25.0 Å². The number of phosphoric acid groups is 1. The fraction of sp³-hybridized carbons (Fsp3) is 0.647. The van der Waals surface area contributed by atoms with Crippen LogP contribution in [-0.4, -0.2) is 84.6 Å². The van der Waals surface area contributed by atoms with Crippen molar-refractivity contribution in [2.45, 2.75) is 44.7 Å². The zero-order valence-corrected chi connectivity index (χ0v) is 20.8. The number of piperidine rings is 1. The van der Waals surface area contributed by atoms with Crippen molar-refractivity contribution in [2.75, 3.05) is 31.7 Å². The van der Waals surface area contributed by atoms with Crippen molar-refractivity contribution in [3.05, 3.63) is 21.7 Å². The predicted molar refractivity (Wildman–Crippen MR) is 121 cm³/mol. The van der Waals surface area contributed by atoms with Crippen molar-refractivity contribution >= 4 is 41.8 Å². The van der Waals surface area contributed by atoms with Gasteiger partial charge in [0, 0.05) is 20.2 Å². The SMILES string of the molecule is CCc1c(Cl)nc(C(=O)N[C@@H]2CCN(c3nnc([C@@H](O)CO)s3)C[C@@H]2OC)n1COP(=O)(O)O. The van der Waals surface area contributed by atoms with Gasteiger partial charge in [0.15, 0.2) is 5.15 Å². The third kappa shape index (κ3) is 6.30. The summed E-state index contributed by atoms with van der Waals surface area (Å²) >= 11 is 7.28. The second kappa shape index (κ2) is 11.4.